The monoisotopic (exact) mass is 328 g/mol. The molecule has 0 N–H and O–H groups in total. The molecule has 0 spiro atoms. The lowest BCUT2D eigenvalue weighted by Crippen LogP contribution is -2.35. The van der Waals surface area contributed by atoms with Crippen LogP contribution in [-0.2, 0) is 13.0 Å². The summed E-state index contributed by atoms with van der Waals surface area (Å²) in [4.78, 5) is 10.4. The highest BCUT2D eigenvalue weighted by atomic mass is 32.1. The predicted molar refractivity (Wildman–Crippen MR) is 96.9 cm³/mol. The van der Waals surface area contributed by atoms with Gasteiger partial charge in [0.15, 0.2) is 0 Å². The predicted octanol–water partition coefficient (Wildman–Crippen LogP) is 5.10. The SMILES string of the molecule is Cc1sc2c(c1-c1nc3ccccc3s1)CCN(C(C)C)C2. The molecule has 2 aromatic heterocycles. The molecule has 0 saturated carbocycles. The molecule has 0 bridgehead atoms. The van der Waals surface area contributed by atoms with E-state index in [4.69, 9.17) is 4.98 Å². The van der Waals surface area contributed by atoms with Crippen molar-refractivity contribution in [2.24, 2.45) is 0 Å². The molecule has 0 saturated heterocycles. The van der Waals surface area contributed by atoms with Crippen molar-refractivity contribution in [2.45, 2.75) is 39.8 Å². The second-order valence-electron chi connectivity index (χ2n) is 6.24. The summed E-state index contributed by atoms with van der Waals surface area (Å²) in [6.07, 6.45) is 1.16. The van der Waals surface area contributed by atoms with Gasteiger partial charge < -0.3 is 0 Å². The van der Waals surface area contributed by atoms with Crippen LogP contribution in [0.5, 0.6) is 0 Å². The largest absolute Gasteiger partial charge is 0.296 e. The third-order valence-corrected chi connectivity index (χ3v) is 6.69. The van der Waals surface area contributed by atoms with Crippen LogP contribution in [0.25, 0.3) is 20.8 Å². The topological polar surface area (TPSA) is 16.1 Å². The molecule has 22 heavy (non-hydrogen) atoms. The first-order chi connectivity index (χ1) is 10.6. The molecular formula is C18H20N2S2. The molecule has 4 heteroatoms. The van der Waals surface area contributed by atoms with Crippen molar-refractivity contribution >= 4 is 32.9 Å². The van der Waals surface area contributed by atoms with E-state index in [-0.39, 0.29) is 0 Å². The van der Waals surface area contributed by atoms with Gasteiger partial charge in [-0.1, -0.05) is 12.1 Å². The summed E-state index contributed by atoms with van der Waals surface area (Å²) in [5, 5.41) is 1.20. The number of para-hydroxylation sites is 1. The molecule has 0 fully saturated rings. The highest BCUT2D eigenvalue weighted by Crippen LogP contribution is 2.42. The van der Waals surface area contributed by atoms with E-state index in [9.17, 15) is 0 Å². The average Bonchev–Trinajstić information content (AvgIpc) is 3.05. The van der Waals surface area contributed by atoms with Crippen molar-refractivity contribution in [3.05, 3.63) is 39.6 Å². The lowest BCUT2D eigenvalue weighted by Gasteiger charge is -2.30. The minimum atomic E-state index is 0.626. The van der Waals surface area contributed by atoms with Gasteiger partial charge in [0.25, 0.3) is 0 Å². The molecule has 0 amide bonds. The van der Waals surface area contributed by atoms with E-state index >= 15 is 0 Å². The van der Waals surface area contributed by atoms with Crippen LogP contribution in [0.2, 0.25) is 0 Å². The van der Waals surface area contributed by atoms with Gasteiger partial charge >= 0.3 is 0 Å². The molecule has 3 heterocycles. The highest BCUT2D eigenvalue weighted by molar-refractivity contribution is 7.22. The van der Waals surface area contributed by atoms with Crippen LogP contribution in [0.1, 0.15) is 29.2 Å². The van der Waals surface area contributed by atoms with Gasteiger partial charge in [0.2, 0.25) is 0 Å². The normalized spacial score (nSPS) is 15.6. The van der Waals surface area contributed by atoms with Crippen LogP contribution in [-0.4, -0.2) is 22.5 Å². The van der Waals surface area contributed by atoms with Crippen LogP contribution < -0.4 is 0 Å². The Morgan fingerprint density at radius 1 is 1.18 bits per heavy atom. The van der Waals surface area contributed by atoms with Gasteiger partial charge in [0.05, 0.1) is 10.2 Å². The summed E-state index contributed by atoms with van der Waals surface area (Å²) in [5.74, 6) is 0. The third kappa shape index (κ3) is 2.30. The zero-order chi connectivity index (χ0) is 15.3. The first-order valence-electron chi connectivity index (χ1n) is 7.84. The molecule has 114 valence electrons. The van der Waals surface area contributed by atoms with E-state index in [1.807, 2.05) is 22.7 Å². The van der Waals surface area contributed by atoms with Gasteiger partial charge in [-0.3, -0.25) is 4.90 Å². The number of hydrogen-bond donors (Lipinski definition) is 0. The Morgan fingerprint density at radius 3 is 2.77 bits per heavy atom. The van der Waals surface area contributed by atoms with Crippen molar-refractivity contribution in [1.29, 1.82) is 0 Å². The van der Waals surface area contributed by atoms with E-state index in [1.165, 1.54) is 26.7 Å². The van der Waals surface area contributed by atoms with E-state index in [0.29, 0.717) is 6.04 Å². The Kier molecular flexibility index (Phi) is 3.56. The first-order valence-corrected chi connectivity index (χ1v) is 9.48. The number of fused-ring (bicyclic) bond motifs is 2. The zero-order valence-corrected chi connectivity index (χ0v) is 14.9. The fourth-order valence-electron chi connectivity index (χ4n) is 3.26. The number of nitrogens with zero attached hydrogens (tertiary/aromatic N) is 2. The lowest BCUT2D eigenvalue weighted by atomic mass is 10.0. The van der Waals surface area contributed by atoms with Crippen LogP contribution in [0.4, 0.5) is 0 Å². The van der Waals surface area contributed by atoms with Crippen molar-refractivity contribution in [3.63, 3.8) is 0 Å². The molecule has 1 aliphatic rings. The number of thiazole rings is 1. The van der Waals surface area contributed by atoms with Crippen LogP contribution in [0.3, 0.4) is 0 Å². The number of hydrogen-bond acceptors (Lipinski definition) is 4. The van der Waals surface area contributed by atoms with E-state index in [0.717, 1.165) is 18.5 Å². The number of thiophene rings is 1. The first kappa shape index (κ1) is 14.4. The zero-order valence-electron chi connectivity index (χ0n) is 13.2. The molecule has 3 aromatic rings. The van der Waals surface area contributed by atoms with Gasteiger partial charge in [0, 0.05) is 34.4 Å². The van der Waals surface area contributed by atoms with Gasteiger partial charge in [-0.15, -0.1) is 22.7 Å². The summed E-state index contributed by atoms with van der Waals surface area (Å²) in [6.45, 7) is 9.10. The average molecular weight is 329 g/mol. The molecule has 4 rings (SSSR count). The number of aryl methyl sites for hydroxylation is 1. The number of aromatic nitrogens is 1. The Labute approximate surface area is 139 Å². The van der Waals surface area contributed by atoms with Crippen LogP contribution in [0.15, 0.2) is 24.3 Å². The van der Waals surface area contributed by atoms with E-state index < -0.39 is 0 Å². The molecule has 0 unspecified atom stereocenters. The molecule has 2 nitrogen and oxygen atoms in total. The maximum Gasteiger partial charge on any atom is 0.126 e. The molecule has 1 aromatic carbocycles. The van der Waals surface area contributed by atoms with E-state index in [1.54, 1.807) is 10.4 Å². The molecule has 0 radical (unpaired) electrons. The van der Waals surface area contributed by atoms with Crippen LogP contribution in [0, 0.1) is 6.92 Å². The highest BCUT2D eigenvalue weighted by Gasteiger charge is 2.26. The maximum atomic E-state index is 4.89. The van der Waals surface area contributed by atoms with Gasteiger partial charge in [-0.2, -0.15) is 0 Å². The summed E-state index contributed by atoms with van der Waals surface area (Å²) in [6, 6.07) is 9.08. The minimum Gasteiger partial charge on any atom is -0.296 e. The molecule has 1 aliphatic heterocycles. The van der Waals surface area contributed by atoms with Gasteiger partial charge in [-0.05, 0) is 44.9 Å². The maximum absolute atomic E-state index is 4.89. The van der Waals surface area contributed by atoms with Crippen LogP contribution >= 0.6 is 22.7 Å². The number of benzene rings is 1. The third-order valence-electron chi connectivity index (χ3n) is 4.50. The van der Waals surface area contributed by atoms with Gasteiger partial charge in [-0.25, -0.2) is 4.98 Å². The second kappa shape index (κ2) is 5.44. The van der Waals surface area contributed by atoms with E-state index in [2.05, 4.69) is 49.9 Å². The van der Waals surface area contributed by atoms with Crippen molar-refractivity contribution < 1.29 is 0 Å². The summed E-state index contributed by atoms with van der Waals surface area (Å²) in [5.41, 5.74) is 4.10. The number of rotatable bonds is 2. The molecule has 0 aliphatic carbocycles. The summed E-state index contributed by atoms with van der Waals surface area (Å²) in [7, 11) is 0. The molecule has 0 atom stereocenters. The van der Waals surface area contributed by atoms with Gasteiger partial charge in [0.1, 0.15) is 5.01 Å². The molecular weight excluding hydrogens is 308 g/mol. The minimum absolute atomic E-state index is 0.626. The second-order valence-corrected chi connectivity index (χ2v) is 8.58. The van der Waals surface area contributed by atoms with Crippen molar-refractivity contribution in [1.82, 2.24) is 9.88 Å². The quantitative estimate of drug-likeness (QED) is 0.650. The smallest absolute Gasteiger partial charge is 0.126 e. The Morgan fingerprint density at radius 2 is 2.00 bits per heavy atom. The summed E-state index contributed by atoms with van der Waals surface area (Å²) < 4.78 is 1.29. The fourth-order valence-corrected chi connectivity index (χ4v) is 5.67. The Bertz CT molecular complexity index is 796. The lowest BCUT2D eigenvalue weighted by molar-refractivity contribution is 0.206. The standard InChI is InChI=1S/C18H20N2S2/c1-11(2)20-9-8-13-16(10-20)21-12(3)17(13)18-19-14-6-4-5-7-15(14)22-18/h4-7,11H,8-10H2,1-3H3. The Hall–Kier alpha value is -1.23. The van der Waals surface area contributed by atoms with Crippen molar-refractivity contribution in [2.75, 3.05) is 6.54 Å². The summed E-state index contributed by atoms with van der Waals surface area (Å²) >= 11 is 3.80. The van der Waals surface area contributed by atoms with Crippen molar-refractivity contribution in [3.8, 4) is 10.6 Å². The Balaban J connectivity index is 1.80. The fraction of sp³-hybridized carbons (Fsp3) is 0.389.